The normalized spacial score (nSPS) is 17.6. The molecular formula is C25H37N5OS. The fraction of sp³-hybridized carbons (Fsp3) is 0.560. The first-order valence-electron chi connectivity index (χ1n) is 11.5. The quantitative estimate of drug-likeness (QED) is 0.453. The Morgan fingerprint density at radius 2 is 1.88 bits per heavy atom. The van der Waals surface area contributed by atoms with Crippen LogP contribution in [-0.2, 0) is 17.9 Å². The fourth-order valence-electron chi connectivity index (χ4n) is 4.79. The lowest BCUT2D eigenvalue weighted by atomic mass is 9.98. The molecule has 0 aliphatic carbocycles. The van der Waals surface area contributed by atoms with Gasteiger partial charge in [-0.05, 0) is 88.7 Å². The Bertz CT molecular complexity index is 1030. The summed E-state index contributed by atoms with van der Waals surface area (Å²) in [5.41, 5.74) is 6.76. The minimum atomic E-state index is 0. The van der Waals surface area contributed by atoms with E-state index in [2.05, 4.69) is 60.3 Å². The van der Waals surface area contributed by atoms with Crippen molar-refractivity contribution < 1.29 is 4.74 Å². The van der Waals surface area contributed by atoms with Gasteiger partial charge in [-0.1, -0.05) is 6.92 Å². The van der Waals surface area contributed by atoms with E-state index in [0.29, 0.717) is 18.7 Å². The van der Waals surface area contributed by atoms with E-state index in [0.717, 1.165) is 60.9 Å². The van der Waals surface area contributed by atoms with Crippen molar-refractivity contribution in [2.45, 2.75) is 66.7 Å². The van der Waals surface area contributed by atoms with Crippen LogP contribution in [0.15, 0.2) is 24.4 Å². The summed E-state index contributed by atoms with van der Waals surface area (Å²) in [6, 6.07) is 7.02. The number of hydrogen-bond donors (Lipinski definition) is 0. The van der Waals surface area contributed by atoms with Crippen molar-refractivity contribution in [3.05, 3.63) is 52.7 Å². The van der Waals surface area contributed by atoms with Crippen molar-refractivity contribution in [2.24, 2.45) is 5.92 Å². The van der Waals surface area contributed by atoms with Crippen LogP contribution in [0.5, 0.6) is 0 Å². The van der Waals surface area contributed by atoms with Gasteiger partial charge in [-0.25, -0.2) is 9.97 Å². The highest BCUT2D eigenvalue weighted by Gasteiger charge is 2.27. The Balaban J connectivity index is 0.00000289. The number of likely N-dealkylation sites (tertiary alicyclic amines) is 1. The Morgan fingerprint density at radius 1 is 1.12 bits per heavy atom. The predicted octanol–water partition coefficient (Wildman–Crippen LogP) is 4.87. The molecule has 174 valence electrons. The summed E-state index contributed by atoms with van der Waals surface area (Å²) < 4.78 is 7.78. The van der Waals surface area contributed by atoms with Crippen molar-refractivity contribution in [2.75, 3.05) is 19.7 Å². The minimum absolute atomic E-state index is 0. The molecule has 2 atom stereocenters. The molecule has 0 radical (unpaired) electrons. The zero-order valence-corrected chi connectivity index (χ0v) is 21.1. The first-order chi connectivity index (χ1) is 14.9. The van der Waals surface area contributed by atoms with Crippen molar-refractivity contribution in [1.29, 1.82) is 0 Å². The highest BCUT2D eigenvalue weighted by Crippen LogP contribution is 2.30. The highest BCUT2D eigenvalue weighted by atomic mass is 32.1. The number of pyridine rings is 2. The zero-order valence-electron chi connectivity index (χ0n) is 20.1. The first-order valence-corrected chi connectivity index (χ1v) is 11.5. The second kappa shape index (κ2) is 10.8. The van der Waals surface area contributed by atoms with Crippen LogP contribution in [0.4, 0.5) is 0 Å². The lowest BCUT2D eigenvalue weighted by molar-refractivity contribution is 0.0784. The molecule has 0 saturated carbocycles. The summed E-state index contributed by atoms with van der Waals surface area (Å²) in [4.78, 5) is 16.6. The molecule has 0 spiro atoms. The molecule has 3 aromatic rings. The van der Waals surface area contributed by atoms with Crippen molar-refractivity contribution in [3.8, 4) is 0 Å². The molecule has 6 nitrogen and oxygen atoms in total. The number of aromatic nitrogens is 4. The average Bonchev–Trinajstić information content (AvgIpc) is 3.30. The van der Waals surface area contributed by atoms with Crippen LogP contribution < -0.4 is 0 Å². The van der Waals surface area contributed by atoms with Crippen LogP contribution in [0, 0.1) is 26.7 Å². The monoisotopic (exact) mass is 455 g/mol. The van der Waals surface area contributed by atoms with E-state index in [1.165, 1.54) is 17.5 Å². The maximum Gasteiger partial charge on any atom is 0.161 e. The summed E-state index contributed by atoms with van der Waals surface area (Å²) in [7, 11) is 0. The van der Waals surface area contributed by atoms with E-state index in [1.807, 2.05) is 13.1 Å². The molecule has 0 N–H and O–H groups in total. The predicted molar refractivity (Wildman–Crippen MR) is 134 cm³/mol. The van der Waals surface area contributed by atoms with Crippen LogP contribution >= 0.6 is 13.5 Å². The number of hydrogen-bond acceptors (Lipinski definition) is 5. The molecule has 3 aromatic heterocycles. The van der Waals surface area contributed by atoms with Crippen LogP contribution in [0.25, 0.3) is 11.2 Å². The largest absolute Gasteiger partial charge is 0.361 e. The molecule has 7 heteroatoms. The van der Waals surface area contributed by atoms with Crippen LogP contribution in [0.1, 0.15) is 61.1 Å². The molecule has 4 rings (SSSR count). The van der Waals surface area contributed by atoms with Crippen molar-refractivity contribution >= 4 is 24.7 Å². The maximum absolute atomic E-state index is 5.72. The lowest BCUT2D eigenvalue weighted by Crippen LogP contribution is -2.25. The van der Waals surface area contributed by atoms with E-state index in [4.69, 9.17) is 14.7 Å². The van der Waals surface area contributed by atoms with Crippen molar-refractivity contribution in [3.63, 3.8) is 0 Å². The third-order valence-electron chi connectivity index (χ3n) is 6.38. The van der Waals surface area contributed by atoms with Gasteiger partial charge in [0.05, 0.1) is 0 Å². The van der Waals surface area contributed by atoms with Gasteiger partial charge in [0.25, 0.3) is 0 Å². The van der Waals surface area contributed by atoms with Crippen LogP contribution in [0.2, 0.25) is 0 Å². The molecule has 1 unspecified atom stereocenters. The molecular weight excluding hydrogens is 418 g/mol. The summed E-state index contributed by atoms with van der Waals surface area (Å²) in [5.74, 6) is 1.64. The van der Waals surface area contributed by atoms with E-state index in [-0.39, 0.29) is 13.5 Å². The van der Waals surface area contributed by atoms with Crippen molar-refractivity contribution in [1.82, 2.24) is 24.4 Å². The summed E-state index contributed by atoms with van der Waals surface area (Å²) in [5, 5.41) is 0. The first kappa shape index (κ1) is 24.7. The molecule has 0 bridgehead atoms. The molecule has 1 fully saturated rings. The number of rotatable bonds is 8. The van der Waals surface area contributed by atoms with Gasteiger partial charge in [-0.2, -0.15) is 13.5 Å². The van der Waals surface area contributed by atoms with Crippen LogP contribution in [-0.4, -0.2) is 44.1 Å². The Labute approximate surface area is 198 Å². The third-order valence-corrected chi connectivity index (χ3v) is 6.38. The number of nitrogens with zero attached hydrogens (tertiary/aromatic N) is 5. The van der Waals surface area contributed by atoms with Gasteiger partial charge in [0, 0.05) is 36.8 Å². The lowest BCUT2D eigenvalue weighted by Gasteiger charge is -2.24. The van der Waals surface area contributed by atoms with Gasteiger partial charge in [0.15, 0.2) is 5.65 Å². The second-order valence-electron chi connectivity index (χ2n) is 9.02. The standard InChI is InChI=1S/C25H35N5O.H2S/c1-6-9-31-16-30-20(5)28-24-13-23(14-26-25(24)30)19(4)29-8-7-21(15-29)12-22-10-17(2)27-18(3)11-22;/h10-11,13-14,19,21H,6-9,12,15-16H2,1-5H3;1H2/t19?,21-;/m1./s1. The van der Waals surface area contributed by atoms with Crippen LogP contribution in [0.3, 0.4) is 0 Å². The molecule has 32 heavy (non-hydrogen) atoms. The topological polar surface area (TPSA) is 56.1 Å². The highest BCUT2D eigenvalue weighted by molar-refractivity contribution is 7.59. The minimum Gasteiger partial charge on any atom is -0.361 e. The number of ether oxygens (including phenoxy) is 1. The third kappa shape index (κ3) is 5.50. The SMILES string of the molecule is CCCOCn1c(C)nc2cc(C(C)N3CC[C@H](Cc4cc(C)nc(C)c4)C3)cnc21.S. The molecule has 1 aliphatic rings. The van der Waals surface area contributed by atoms with E-state index >= 15 is 0 Å². The van der Waals surface area contributed by atoms with Gasteiger partial charge in [0.2, 0.25) is 0 Å². The van der Waals surface area contributed by atoms with Gasteiger partial charge < -0.3 is 4.74 Å². The Kier molecular flexibility index (Phi) is 8.31. The average molecular weight is 456 g/mol. The van der Waals surface area contributed by atoms with Gasteiger partial charge in [0.1, 0.15) is 18.1 Å². The van der Waals surface area contributed by atoms with E-state index in [1.54, 1.807) is 0 Å². The summed E-state index contributed by atoms with van der Waals surface area (Å²) in [6.07, 6.45) is 5.40. The number of fused-ring (bicyclic) bond motifs is 1. The number of aryl methyl sites for hydroxylation is 3. The zero-order chi connectivity index (χ0) is 22.0. The summed E-state index contributed by atoms with van der Waals surface area (Å²) >= 11 is 0. The Morgan fingerprint density at radius 3 is 2.59 bits per heavy atom. The van der Waals surface area contributed by atoms with Gasteiger partial charge in [-0.15, -0.1) is 0 Å². The Hall–Kier alpha value is -1.96. The van der Waals surface area contributed by atoms with Gasteiger partial charge >= 0.3 is 0 Å². The molecule has 0 amide bonds. The maximum atomic E-state index is 5.72. The van der Waals surface area contributed by atoms with Gasteiger partial charge in [-0.3, -0.25) is 14.5 Å². The number of imidazole rings is 1. The molecule has 1 aliphatic heterocycles. The molecule has 4 heterocycles. The molecule has 0 aromatic carbocycles. The van der Waals surface area contributed by atoms with E-state index in [9.17, 15) is 0 Å². The fourth-order valence-corrected chi connectivity index (χ4v) is 4.79. The smallest absolute Gasteiger partial charge is 0.161 e. The summed E-state index contributed by atoms with van der Waals surface area (Å²) in [6.45, 7) is 14.1. The molecule has 1 saturated heterocycles. The van der Waals surface area contributed by atoms with E-state index < -0.39 is 0 Å². The second-order valence-corrected chi connectivity index (χ2v) is 9.02.